The van der Waals surface area contributed by atoms with Crippen LogP contribution in [-0.4, -0.2) is 77.3 Å². The molecule has 3 rings (SSSR count). The molecule has 0 saturated carbocycles. The number of halogens is 1. The highest BCUT2D eigenvalue weighted by Gasteiger charge is 2.34. The van der Waals surface area contributed by atoms with Crippen LogP contribution in [0, 0.1) is 11.7 Å². The van der Waals surface area contributed by atoms with Crippen molar-refractivity contribution in [2.45, 2.75) is 39.3 Å². The lowest BCUT2D eigenvalue weighted by Crippen LogP contribution is -2.51. The summed E-state index contributed by atoms with van der Waals surface area (Å²) < 4.78 is 20.6. The minimum absolute atomic E-state index is 0.124. The molecule has 8 nitrogen and oxygen atoms in total. The first kappa shape index (κ1) is 25.4. The number of benzene rings is 1. The number of carbonyl (C=O) groups excluding carboxylic acids is 2. The van der Waals surface area contributed by atoms with Crippen LogP contribution in [-0.2, 0) is 0 Å². The smallest absolute Gasteiger partial charge is 0.317 e. The van der Waals surface area contributed by atoms with Gasteiger partial charge in [-0.2, -0.15) is 0 Å². The van der Waals surface area contributed by atoms with E-state index in [1.54, 1.807) is 48.0 Å². The van der Waals surface area contributed by atoms with E-state index >= 15 is 0 Å². The summed E-state index contributed by atoms with van der Waals surface area (Å²) in [5.41, 5.74) is 0.967. The number of aliphatic hydroxyl groups is 1. The van der Waals surface area contributed by atoms with Gasteiger partial charge in [0.15, 0.2) is 0 Å². The van der Waals surface area contributed by atoms with E-state index < -0.39 is 18.0 Å². The molecule has 0 unspecified atom stereocenters. The second-order valence-electron chi connectivity index (χ2n) is 8.79. The van der Waals surface area contributed by atoms with Crippen molar-refractivity contribution < 1.29 is 23.8 Å². The molecule has 2 heterocycles. The minimum atomic E-state index is -0.454. The van der Waals surface area contributed by atoms with Crippen LogP contribution in [0.15, 0.2) is 36.5 Å². The lowest BCUT2D eigenvalue weighted by Gasteiger charge is -2.37. The third-order valence-corrected chi connectivity index (χ3v) is 6.03. The normalized spacial score (nSPS) is 18.9. The van der Waals surface area contributed by atoms with Gasteiger partial charge in [0, 0.05) is 43.4 Å². The Balaban J connectivity index is 1.99. The number of likely N-dealkylation sites (N-methyl/N-ethyl adjacent to an activating group) is 1. The molecule has 184 valence electrons. The number of hydrogen-bond acceptors (Lipinski definition) is 5. The van der Waals surface area contributed by atoms with E-state index in [1.807, 2.05) is 13.8 Å². The summed E-state index contributed by atoms with van der Waals surface area (Å²) in [6, 6.07) is 7.20. The van der Waals surface area contributed by atoms with Crippen molar-refractivity contribution in [3.63, 3.8) is 0 Å². The summed E-state index contributed by atoms with van der Waals surface area (Å²) in [7, 11) is 1.69. The number of aromatic nitrogens is 1. The molecule has 2 N–H and O–H groups in total. The molecular weight excluding hydrogens is 439 g/mol. The van der Waals surface area contributed by atoms with E-state index in [-0.39, 0.29) is 42.5 Å². The summed E-state index contributed by atoms with van der Waals surface area (Å²) in [6.07, 6.45) is 1.85. The lowest BCUT2D eigenvalue weighted by molar-refractivity contribution is 0.0352. The Morgan fingerprint density at radius 2 is 2.12 bits per heavy atom. The van der Waals surface area contributed by atoms with Gasteiger partial charge in [-0.1, -0.05) is 32.0 Å². The van der Waals surface area contributed by atoms with Gasteiger partial charge >= 0.3 is 6.03 Å². The second-order valence-corrected chi connectivity index (χ2v) is 8.79. The zero-order valence-electron chi connectivity index (χ0n) is 20.1. The first-order chi connectivity index (χ1) is 16.3. The van der Waals surface area contributed by atoms with Crippen molar-refractivity contribution >= 4 is 11.9 Å². The quantitative estimate of drug-likeness (QED) is 0.646. The van der Waals surface area contributed by atoms with Gasteiger partial charge in [-0.05, 0) is 25.5 Å². The maximum atomic E-state index is 14.4. The Bertz CT molecular complexity index is 1020. The maximum Gasteiger partial charge on any atom is 0.317 e. The van der Waals surface area contributed by atoms with E-state index in [2.05, 4.69) is 10.3 Å². The number of hydrogen-bond donors (Lipinski definition) is 2. The zero-order chi connectivity index (χ0) is 24.8. The summed E-state index contributed by atoms with van der Waals surface area (Å²) >= 11 is 0. The van der Waals surface area contributed by atoms with E-state index in [1.165, 1.54) is 12.3 Å². The fourth-order valence-electron chi connectivity index (χ4n) is 3.88. The van der Waals surface area contributed by atoms with E-state index in [0.717, 1.165) is 6.42 Å². The number of aliphatic hydroxyl groups excluding tert-OH is 1. The average Bonchev–Trinajstić information content (AvgIpc) is 2.84. The van der Waals surface area contributed by atoms with Crippen LogP contribution in [0.5, 0.6) is 5.88 Å². The molecule has 0 fully saturated rings. The first-order valence-corrected chi connectivity index (χ1v) is 11.6. The molecule has 3 atom stereocenters. The number of ether oxygens (including phenoxy) is 1. The number of nitrogens with one attached hydrogen (secondary N) is 1. The van der Waals surface area contributed by atoms with Gasteiger partial charge in [0.25, 0.3) is 5.91 Å². The van der Waals surface area contributed by atoms with Crippen LogP contribution >= 0.6 is 0 Å². The Morgan fingerprint density at radius 1 is 1.38 bits per heavy atom. The maximum absolute atomic E-state index is 14.4. The topological polar surface area (TPSA) is 95.0 Å². The fraction of sp³-hybridized carbons (Fsp3) is 0.480. The van der Waals surface area contributed by atoms with Crippen molar-refractivity contribution in [1.82, 2.24) is 20.1 Å². The van der Waals surface area contributed by atoms with Crippen LogP contribution in [0.3, 0.4) is 0 Å². The molecule has 0 radical (unpaired) electrons. The van der Waals surface area contributed by atoms with Crippen LogP contribution < -0.4 is 10.1 Å². The number of rotatable bonds is 7. The van der Waals surface area contributed by atoms with Crippen LogP contribution in [0.4, 0.5) is 9.18 Å². The molecule has 1 aromatic heterocycles. The van der Waals surface area contributed by atoms with Crippen molar-refractivity contribution in [3.05, 3.63) is 47.9 Å². The standard InChI is InChI=1S/C25H33FN4O4/c1-5-10-27-25(33)29(4)14-22-16(2)13-30(17(3)15-31)24(32)20-11-18(12-28-23(20)34-22)19-8-6-7-9-21(19)26/h6-9,11-12,16-17,22,31H,5,10,13-15H2,1-4H3,(H,27,33)/t16-,17+,22+/m0/s1. The number of urea groups is 1. The average molecular weight is 473 g/mol. The number of carbonyl (C=O) groups is 2. The van der Waals surface area contributed by atoms with Crippen molar-refractivity contribution in [2.24, 2.45) is 5.92 Å². The van der Waals surface area contributed by atoms with Gasteiger partial charge in [-0.25, -0.2) is 14.2 Å². The fourth-order valence-corrected chi connectivity index (χ4v) is 3.88. The first-order valence-electron chi connectivity index (χ1n) is 11.6. The molecule has 0 bridgehead atoms. The highest BCUT2D eigenvalue weighted by Crippen LogP contribution is 2.31. The molecule has 1 aromatic carbocycles. The number of nitrogens with zero attached hydrogens (tertiary/aromatic N) is 3. The van der Waals surface area contributed by atoms with Crippen LogP contribution in [0.2, 0.25) is 0 Å². The molecule has 1 aliphatic rings. The third kappa shape index (κ3) is 5.64. The molecule has 9 heteroatoms. The Kier molecular flexibility index (Phi) is 8.44. The number of fused-ring (bicyclic) bond motifs is 1. The van der Waals surface area contributed by atoms with Gasteiger partial charge in [0.1, 0.15) is 17.5 Å². The van der Waals surface area contributed by atoms with E-state index in [0.29, 0.717) is 24.2 Å². The Labute approximate surface area is 199 Å². The summed E-state index contributed by atoms with van der Waals surface area (Å²) in [6.45, 7) is 6.64. The zero-order valence-corrected chi connectivity index (χ0v) is 20.1. The Morgan fingerprint density at radius 3 is 2.79 bits per heavy atom. The molecule has 0 aliphatic carbocycles. The van der Waals surface area contributed by atoms with E-state index in [4.69, 9.17) is 4.74 Å². The van der Waals surface area contributed by atoms with Crippen molar-refractivity contribution in [2.75, 3.05) is 33.3 Å². The predicted molar refractivity (Wildman–Crippen MR) is 127 cm³/mol. The van der Waals surface area contributed by atoms with Crippen molar-refractivity contribution in [3.8, 4) is 17.0 Å². The molecule has 0 saturated heterocycles. The van der Waals surface area contributed by atoms with Crippen LogP contribution in [0.25, 0.3) is 11.1 Å². The largest absolute Gasteiger partial charge is 0.472 e. The monoisotopic (exact) mass is 472 g/mol. The SMILES string of the molecule is CCCNC(=O)N(C)C[C@H]1Oc2ncc(-c3ccccc3F)cc2C(=O)N([C@H](C)CO)C[C@@H]1C. The molecule has 3 amide bonds. The molecule has 1 aliphatic heterocycles. The summed E-state index contributed by atoms with van der Waals surface area (Å²) in [4.78, 5) is 33.4. The molecule has 0 spiro atoms. The summed E-state index contributed by atoms with van der Waals surface area (Å²) in [5.74, 6) is -0.795. The highest BCUT2D eigenvalue weighted by molar-refractivity contribution is 5.98. The third-order valence-electron chi connectivity index (χ3n) is 6.03. The number of amides is 3. The molecule has 2 aromatic rings. The highest BCUT2D eigenvalue weighted by atomic mass is 19.1. The second kappa shape index (κ2) is 11.3. The summed E-state index contributed by atoms with van der Waals surface area (Å²) in [5, 5.41) is 12.6. The van der Waals surface area contributed by atoms with Gasteiger partial charge in [-0.3, -0.25) is 4.79 Å². The van der Waals surface area contributed by atoms with Gasteiger partial charge in [0.2, 0.25) is 5.88 Å². The van der Waals surface area contributed by atoms with Gasteiger partial charge in [0.05, 0.1) is 19.2 Å². The lowest BCUT2D eigenvalue weighted by atomic mass is 9.99. The van der Waals surface area contributed by atoms with Crippen molar-refractivity contribution in [1.29, 1.82) is 0 Å². The minimum Gasteiger partial charge on any atom is -0.472 e. The van der Waals surface area contributed by atoms with Crippen LogP contribution in [0.1, 0.15) is 37.6 Å². The molecular formula is C25H33FN4O4. The van der Waals surface area contributed by atoms with Gasteiger partial charge < -0.3 is 25.0 Å². The number of pyridine rings is 1. The van der Waals surface area contributed by atoms with Gasteiger partial charge in [-0.15, -0.1) is 0 Å². The van der Waals surface area contributed by atoms with E-state index in [9.17, 15) is 19.1 Å². The molecule has 34 heavy (non-hydrogen) atoms. The Hall–Kier alpha value is -3.20. The predicted octanol–water partition coefficient (Wildman–Crippen LogP) is 3.16.